The Hall–Kier alpha value is -3.36. The third-order valence-electron chi connectivity index (χ3n) is 6.24. The molecule has 8 heteroatoms. The largest absolute Gasteiger partial charge is 0.465 e. The van der Waals surface area contributed by atoms with Crippen molar-refractivity contribution < 1.29 is 19.1 Å². The number of methoxy groups -OCH3 is 1. The van der Waals surface area contributed by atoms with Crippen LogP contribution in [0.5, 0.6) is 0 Å². The number of aryl methyl sites for hydroxylation is 1. The van der Waals surface area contributed by atoms with Gasteiger partial charge in [-0.25, -0.2) is 9.59 Å². The predicted octanol–water partition coefficient (Wildman–Crippen LogP) is 6.82. The van der Waals surface area contributed by atoms with Crippen LogP contribution in [-0.4, -0.2) is 29.8 Å². The topological polar surface area (TPSA) is 104 Å². The van der Waals surface area contributed by atoms with E-state index in [1.165, 1.54) is 7.11 Å². The molecular weight excluding hydrogens is 522 g/mol. The predicted molar refractivity (Wildman–Crippen MR) is 161 cm³/mol. The Labute approximate surface area is 242 Å². The number of hydrogen-bond donors (Lipinski definition) is 2. The zero-order valence-corrected chi connectivity index (χ0v) is 25.4. The number of alkyl carbamates (subject to hydrolysis) is 1. The monoisotopic (exact) mass is 563 g/mol. The molecule has 0 radical (unpaired) electrons. The van der Waals surface area contributed by atoms with Gasteiger partial charge < -0.3 is 20.5 Å². The summed E-state index contributed by atoms with van der Waals surface area (Å²) in [6.45, 7) is 12.7. The van der Waals surface area contributed by atoms with Crippen LogP contribution in [-0.2, 0) is 34.7 Å². The van der Waals surface area contributed by atoms with E-state index in [0.29, 0.717) is 30.3 Å². The molecule has 3 rings (SSSR count). The summed E-state index contributed by atoms with van der Waals surface area (Å²) in [5.41, 5.74) is 13.0. The van der Waals surface area contributed by atoms with Gasteiger partial charge >= 0.3 is 12.1 Å². The van der Waals surface area contributed by atoms with Gasteiger partial charge in [0.2, 0.25) is 0 Å². The van der Waals surface area contributed by atoms with Crippen molar-refractivity contribution in [1.82, 2.24) is 10.3 Å². The molecular formula is C32H41N3O4S. The van der Waals surface area contributed by atoms with Crippen molar-refractivity contribution in [1.29, 1.82) is 0 Å². The molecule has 0 unspecified atom stereocenters. The van der Waals surface area contributed by atoms with Gasteiger partial charge in [-0.1, -0.05) is 38.1 Å². The van der Waals surface area contributed by atoms with Gasteiger partial charge in [-0.15, -0.1) is 11.8 Å². The fourth-order valence-electron chi connectivity index (χ4n) is 4.36. The fraction of sp³-hybridized carbons (Fsp3) is 0.406. The first-order valence-corrected chi connectivity index (χ1v) is 14.5. The van der Waals surface area contributed by atoms with E-state index in [0.717, 1.165) is 50.5 Å². The number of carbonyl (C=O) groups excluding carboxylic acids is 2. The van der Waals surface area contributed by atoms with Crippen molar-refractivity contribution in [3.8, 4) is 11.1 Å². The van der Waals surface area contributed by atoms with Crippen molar-refractivity contribution in [2.24, 2.45) is 11.7 Å². The second-order valence-corrected chi connectivity index (χ2v) is 12.2. The number of esters is 1. The smallest absolute Gasteiger partial charge is 0.407 e. The van der Waals surface area contributed by atoms with Crippen LogP contribution in [0, 0.1) is 12.8 Å². The van der Waals surface area contributed by atoms with Crippen LogP contribution >= 0.6 is 11.8 Å². The Morgan fingerprint density at radius 3 is 2.23 bits per heavy atom. The zero-order valence-electron chi connectivity index (χ0n) is 24.6. The van der Waals surface area contributed by atoms with Gasteiger partial charge in [0, 0.05) is 40.7 Å². The molecule has 0 aliphatic heterocycles. The van der Waals surface area contributed by atoms with Crippen LogP contribution in [0.1, 0.15) is 73.1 Å². The van der Waals surface area contributed by atoms with Gasteiger partial charge in [-0.3, -0.25) is 4.98 Å². The summed E-state index contributed by atoms with van der Waals surface area (Å²) in [7, 11) is 1.38. The van der Waals surface area contributed by atoms with E-state index in [4.69, 9.17) is 20.2 Å². The summed E-state index contributed by atoms with van der Waals surface area (Å²) < 4.78 is 10.3. The lowest BCUT2D eigenvalue weighted by Gasteiger charge is -2.23. The first-order chi connectivity index (χ1) is 18.9. The summed E-state index contributed by atoms with van der Waals surface area (Å²) in [4.78, 5) is 30.6. The minimum Gasteiger partial charge on any atom is -0.465 e. The third kappa shape index (κ3) is 8.57. The molecule has 3 N–H and O–H groups in total. The number of carbonyl (C=O) groups is 2. The third-order valence-corrected chi connectivity index (χ3v) is 7.28. The maximum absolute atomic E-state index is 12.7. The molecule has 0 fully saturated rings. The molecule has 40 heavy (non-hydrogen) atoms. The van der Waals surface area contributed by atoms with E-state index < -0.39 is 11.7 Å². The Morgan fingerprint density at radius 2 is 1.68 bits per heavy atom. The SMILES string of the molecule is COC(=O)c1ccc(SCc2c(C)nc(CC(C)C)c(CNC(=O)OC(C)(C)C)c2-c2ccc(CN)cc2)cc1. The average molecular weight is 564 g/mol. The maximum atomic E-state index is 12.7. The number of pyridine rings is 1. The lowest BCUT2D eigenvalue weighted by atomic mass is 9.90. The second-order valence-electron chi connectivity index (χ2n) is 11.1. The Morgan fingerprint density at radius 1 is 1.02 bits per heavy atom. The number of thioether (sulfide) groups is 1. The van der Waals surface area contributed by atoms with E-state index >= 15 is 0 Å². The summed E-state index contributed by atoms with van der Waals surface area (Å²) in [5, 5.41) is 2.97. The van der Waals surface area contributed by atoms with Crippen molar-refractivity contribution in [3.63, 3.8) is 0 Å². The number of amides is 1. The van der Waals surface area contributed by atoms with Crippen LogP contribution in [0.25, 0.3) is 11.1 Å². The highest BCUT2D eigenvalue weighted by atomic mass is 32.2. The summed E-state index contributed by atoms with van der Waals surface area (Å²) in [5.74, 6) is 0.682. The van der Waals surface area contributed by atoms with Crippen LogP contribution in [0.2, 0.25) is 0 Å². The van der Waals surface area contributed by atoms with Gasteiger partial charge in [0.1, 0.15) is 5.60 Å². The lowest BCUT2D eigenvalue weighted by Crippen LogP contribution is -2.32. The van der Waals surface area contributed by atoms with E-state index in [2.05, 4.69) is 31.3 Å². The quantitative estimate of drug-likeness (QED) is 0.206. The molecule has 7 nitrogen and oxygen atoms in total. The van der Waals surface area contributed by atoms with Crippen molar-refractivity contribution in [2.75, 3.05) is 7.11 Å². The van der Waals surface area contributed by atoms with E-state index in [1.54, 1.807) is 23.9 Å². The molecule has 0 saturated carbocycles. The first-order valence-electron chi connectivity index (χ1n) is 13.5. The number of rotatable bonds is 10. The molecule has 0 aliphatic carbocycles. The number of hydrogen-bond acceptors (Lipinski definition) is 7. The zero-order chi connectivity index (χ0) is 29.4. The Balaban J connectivity index is 2.07. The van der Waals surface area contributed by atoms with Crippen LogP contribution < -0.4 is 11.1 Å². The molecule has 0 saturated heterocycles. The fourth-order valence-corrected chi connectivity index (χ4v) is 5.35. The number of nitrogens with one attached hydrogen (secondary N) is 1. The molecule has 214 valence electrons. The van der Waals surface area contributed by atoms with Crippen molar-refractivity contribution >= 4 is 23.8 Å². The average Bonchev–Trinajstić information content (AvgIpc) is 2.90. The van der Waals surface area contributed by atoms with E-state index in [1.807, 2.05) is 52.0 Å². The highest BCUT2D eigenvalue weighted by Gasteiger charge is 2.22. The summed E-state index contributed by atoms with van der Waals surface area (Å²) >= 11 is 1.67. The standard InChI is InChI=1S/C32H41N3O4S/c1-20(2)16-28-26(18-34-31(37)39-32(4,5)6)29(23-10-8-22(17-33)9-11-23)27(21(3)35-28)19-40-25-14-12-24(13-15-25)30(36)38-7/h8-15,20H,16-19,33H2,1-7H3,(H,34,37). The van der Waals surface area contributed by atoms with Crippen LogP contribution in [0.15, 0.2) is 53.4 Å². The normalized spacial score (nSPS) is 11.4. The Bertz CT molecular complexity index is 1310. The van der Waals surface area contributed by atoms with E-state index in [9.17, 15) is 9.59 Å². The molecule has 0 aliphatic rings. The van der Waals surface area contributed by atoms with Gasteiger partial charge in [0.15, 0.2) is 0 Å². The lowest BCUT2D eigenvalue weighted by molar-refractivity contribution is 0.0522. The molecule has 1 aromatic heterocycles. The molecule has 0 bridgehead atoms. The highest BCUT2D eigenvalue weighted by Crippen LogP contribution is 2.36. The maximum Gasteiger partial charge on any atom is 0.407 e. The first kappa shape index (κ1) is 31.2. The minimum atomic E-state index is -0.595. The molecule has 1 amide bonds. The van der Waals surface area contributed by atoms with Gasteiger partial charge in [-0.05, 0) is 86.6 Å². The molecule has 2 aromatic carbocycles. The van der Waals surface area contributed by atoms with Crippen molar-refractivity contribution in [3.05, 3.63) is 82.2 Å². The van der Waals surface area contributed by atoms with Gasteiger partial charge in [0.05, 0.1) is 12.7 Å². The van der Waals surface area contributed by atoms with Crippen LogP contribution in [0.4, 0.5) is 4.79 Å². The van der Waals surface area contributed by atoms with Gasteiger partial charge in [-0.2, -0.15) is 0 Å². The number of benzene rings is 2. The number of nitrogens with zero attached hydrogens (tertiary/aromatic N) is 1. The van der Waals surface area contributed by atoms with Crippen molar-refractivity contribution in [2.45, 2.75) is 77.3 Å². The van der Waals surface area contributed by atoms with Gasteiger partial charge in [0.25, 0.3) is 0 Å². The number of aromatic nitrogens is 1. The number of nitrogens with two attached hydrogens (primary N) is 1. The second kappa shape index (κ2) is 13.8. The molecule has 0 atom stereocenters. The molecule has 3 aromatic rings. The number of ether oxygens (including phenoxy) is 2. The summed E-state index contributed by atoms with van der Waals surface area (Å²) in [6.07, 6.45) is 0.317. The molecule has 1 heterocycles. The highest BCUT2D eigenvalue weighted by molar-refractivity contribution is 7.98. The summed E-state index contributed by atoms with van der Waals surface area (Å²) in [6, 6.07) is 15.7. The Kier molecular flexibility index (Phi) is 10.8. The van der Waals surface area contributed by atoms with E-state index in [-0.39, 0.29) is 5.97 Å². The minimum absolute atomic E-state index is 0.295. The van der Waals surface area contributed by atoms with Crippen LogP contribution in [0.3, 0.4) is 0 Å². The molecule has 0 spiro atoms.